The van der Waals surface area contributed by atoms with E-state index in [1.165, 1.54) is 0 Å². The van der Waals surface area contributed by atoms with Crippen LogP contribution in [0.1, 0.15) is 12.8 Å². The number of hydrogen-bond acceptors (Lipinski definition) is 4. The Bertz CT molecular complexity index is 115. The molecule has 0 radical (unpaired) electrons. The summed E-state index contributed by atoms with van der Waals surface area (Å²) in [7, 11) is 0. The van der Waals surface area contributed by atoms with E-state index in [4.69, 9.17) is 18.9 Å². The Morgan fingerprint density at radius 3 is 1.67 bits per heavy atom. The van der Waals surface area contributed by atoms with Gasteiger partial charge in [0, 0.05) is 13.2 Å². The molecule has 4 heteroatoms. The Morgan fingerprint density at radius 1 is 0.917 bits per heavy atom. The minimum Gasteiger partial charge on any atom is -0.350 e. The molecule has 2 aliphatic rings. The topological polar surface area (TPSA) is 43.5 Å². The van der Waals surface area contributed by atoms with Gasteiger partial charge in [-0.3, -0.25) is 0 Å². The van der Waals surface area contributed by atoms with Gasteiger partial charge >= 0.3 is 0 Å². The highest BCUT2D eigenvalue weighted by Gasteiger charge is 2.23. The maximum Gasteiger partial charge on any atom is 0.181 e. The molecular weight excluding hydrogens is 160 g/mol. The fourth-order valence-corrected chi connectivity index (χ4v) is 0.905. The van der Waals surface area contributed by atoms with E-state index < -0.39 is 0 Å². The van der Waals surface area contributed by atoms with E-state index in [-0.39, 0.29) is 12.6 Å². The number of rotatable bonds is 7. The summed E-state index contributed by atoms with van der Waals surface area (Å²) in [5, 5.41) is 0. The van der Waals surface area contributed by atoms with Gasteiger partial charge in [-0.2, -0.15) is 0 Å². The van der Waals surface area contributed by atoms with Crippen molar-refractivity contribution in [3.8, 4) is 0 Å². The number of ether oxygens (including phenoxy) is 4. The smallest absolute Gasteiger partial charge is 0.181 e. The Labute approximate surface area is 71.7 Å². The molecule has 0 spiro atoms. The van der Waals surface area contributed by atoms with E-state index in [0.717, 1.165) is 39.3 Å². The summed E-state index contributed by atoms with van der Waals surface area (Å²) in [5.74, 6) is 0. The summed E-state index contributed by atoms with van der Waals surface area (Å²) in [6.45, 7) is 3.10. The van der Waals surface area contributed by atoms with Crippen molar-refractivity contribution < 1.29 is 18.9 Å². The van der Waals surface area contributed by atoms with Crippen LogP contribution in [-0.4, -0.2) is 39.0 Å². The third kappa shape index (κ3) is 3.49. The summed E-state index contributed by atoms with van der Waals surface area (Å²) in [4.78, 5) is 0. The number of unbranched alkanes of at least 4 members (excludes halogenated alkanes) is 1. The molecular formula is C8H14O4. The molecule has 2 saturated heterocycles. The van der Waals surface area contributed by atoms with Crippen molar-refractivity contribution in [1.82, 2.24) is 0 Å². The van der Waals surface area contributed by atoms with Crippen LogP contribution in [0.25, 0.3) is 0 Å². The minimum atomic E-state index is 0.0951. The van der Waals surface area contributed by atoms with Gasteiger partial charge in [0.2, 0.25) is 0 Å². The molecule has 2 aliphatic heterocycles. The van der Waals surface area contributed by atoms with Crippen LogP contribution in [0, 0.1) is 0 Å². The molecule has 2 unspecified atom stereocenters. The number of hydrogen-bond donors (Lipinski definition) is 0. The van der Waals surface area contributed by atoms with Crippen LogP contribution >= 0.6 is 0 Å². The van der Waals surface area contributed by atoms with E-state index >= 15 is 0 Å². The normalized spacial score (nSPS) is 32.0. The molecule has 2 atom stereocenters. The third-order valence-electron chi connectivity index (χ3n) is 1.75. The predicted molar refractivity (Wildman–Crippen MR) is 40.6 cm³/mol. The average molecular weight is 174 g/mol. The average Bonchev–Trinajstić information content (AvgIpc) is 2.89. The van der Waals surface area contributed by atoms with Crippen LogP contribution in [-0.2, 0) is 18.9 Å². The number of epoxide rings is 2. The van der Waals surface area contributed by atoms with Crippen molar-refractivity contribution in [3.63, 3.8) is 0 Å². The van der Waals surface area contributed by atoms with Crippen molar-refractivity contribution >= 4 is 0 Å². The van der Waals surface area contributed by atoms with E-state index in [2.05, 4.69) is 0 Å². The summed E-state index contributed by atoms with van der Waals surface area (Å²) in [6, 6.07) is 0. The molecule has 0 N–H and O–H groups in total. The lowest BCUT2D eigenvalue weighted by Crippen LogP contribution is -2.02. The molecule has 0 amide bonds. The summed E-state index contributed by atoms with van der Waals surface area (Å²) in [5.41, 5.74) is 0. The molecule has 0 aliphatic carbocycles. The molecule has 2 fully saturated rings. The van der Waals surface area contributed by atoms with Crippen molar-refractivity contribution in [1.29, 1.82) is 0 Å². The second-order valence-electron chi connectivity index (χ2n) is 2.97. The molecule has 0 saturated carbocycles. The summed E-state index contributed by atoms with van der Waals surface area (Å²) >= 11 is 0. The van der Waals surface area contributed by atoms with Gasteiger partial charge in [-0.05, 0) is 12.8 Å². The molecule has 2 heterocycles. The van der Waals surface area contributed by atoms with Crippen molar-refractivity contribution in [2.24, 2.45) is 0 Å². The van der Waals surface area contributed by atoms with E-state index in [0.29, 0.717) is 0 Å². The lowest BCUT2D eigenvalue weighted by atomic mass is 10.3. The second kappa shape index (κ2) is 4.18. The van der Waals surface area contributed by atoms with E-state index in [9.17, 15) is 0 Å². The van der Waals surface area contributed by atoms with Gasteiger partial charge in [-0.15, -0.1) is 0 Å². The molecule has 0 bridgehead atoms. The maximum absolute atomic E-state index is 5.27. The highest BCUT2D eigenvalue weighted by Crippen LogP contribution is 2.12. The Hall–Kier alpha value is -0.160. The molecule has 12 heavy (non-hydrogen) atoms. The van der Waals surface area contributed by atoms with Crippen molar-refractivity contribution in [3.05, 3.63) is 0 Å². The Balaban J connectivity index is 1.31. The zero-order valence-electron chi connectivity index (χ0n) is 7.03. The Morgan fingerprint density at radius 2 is 1.33 bits per heavy atom. The van der Waals surface area contributed by atoms with Gasteiger partial charge in [0.25, 0.3) is 0 Å². The van der Waals surface area contributed by atoms with Crippen LogP contribution < -0.4 is 0 Å². The molecule has 0 aromatic rings. The highest BCUT2D eigenvalue weighted by molar-refractivity contribution is 4.56. The zero-order chi connectivity index (χ0) is 8.23. The molecule has 0 aromatic carbocycles. The first-order chi connectivity index (χ1) is 5.95. The molecule has 70 valence electrons. The highest BCUT2D eigenvalue weighted by atomic mass is 16.8. The van der Waals surface area contributed by atoms with Gasteiger partial charge < -0.3 is 18.9 Å². The van der Waals surface area contributed by atoms with Crippen molar-refractivity contribution in [2.45, 2.75) is 25.4 Å². The molecule has 4 nitrogen and oxygen atoms in total. The van der Waals surface area contributed by atoms with E-state index in [1.807, 2.05) is 0 Å². The summed E-state index contributed by atoms with van der Waals surface area (Å²) in [6.07, 6.45) is 2.26. The largest absolute Gasteiger partial charge is 0.350 e. The van der Waals surface area contributed by atoms with Gasteiger partial charge in [-0.25, -0.2) is 0 Å². The minimum absolute atomic E-state index is 0.0951. The monoisotopic (exact) mass is 174 g/mol. The van der Waals surface area contributed by atoms with Crippen LogP contribution in [0.3, 0.4) is 0 Å². The van der Waals surface area contributed by atoms with Gasteiger partial charge in [0.05, 0.1) is 0 Å². The van der Waals surface area contributed by atoms with Crippen LogP contribution in [0.15, 0.2) is 0 Å². The molecule has 2 rings (SSSR count). The van der Waals surface area contributed by atoms with Gasteiger partial charge in [0.1, 0.15) is 13.2 Å². The SMILES string of the molecule is C(CCOC1CO1)COC1CO1. The quantitative estimate of drug-likeness (QED) is 0.416. The third-order valence-corrected chi connectivity index (χ3v) is 1.75. The fourth-order valence-electron chi connectivity index (χ4n) is 0.905. The second-order valence-corrected chi connectivity index (χ2v) is 2.97. The van der Waals surface area contributed by atoms with Gasteiger partial charge in [-0.1, -0.05) is 0 Å². The first-order valence-electron chi connectivity index (χ1n) is 4.41. The van der Waals surface area contributed by atoms with Crippen LogP contribution in [0.4, 0.5) is 0 Å². The fraction of sp³-hybridized carbons (Fsp3) is 1.00. The zero-order valence-corrected chi connectivity index (χ0v) is 7.03. The van der Waals surface area contributed by atoms with Gasteiger partial charge in [0.15, 0.2) is 12.6 Å². The Kier molecular flexibility index (Phi) is 2.94. The standard InChI is InChI=1S/C8H14O4/c1(3-9-7-5-11-7)2-4-10-8-6-12-8/h7-8H,1-6H2. The lowest BCUT2D eigenvalue weighted by molar-refractivity contribution is 0.0280. The predicted octanol–water partition coefficient (Wildman–Crippen LogP) is 0.512. The van der Waals surface area contributed by atoms with Crippen LogP contribution in [0.2, 0.25) is 0 Å². The lowest BCUT2D eigenvalue weighted by Gasteiger charge is -2.00. The van der Waals surface area contributed by atoms with E-state index in [1.54, 1.807) is 0 Å². The first-order valence-corrected chi connectivity index (χ1v) is 4.41. The maximum atomic E-state index is 5.27. The summed E-state index contributed by atoms with van der Waals surface area (Å²) < 4.78 is 20.3. The molecule has 0 aromatic heterocycles. The first kappa shape index (κ1) is 8.44. The van der Waals surface area contributed by atoms with Crippen molar-refractivity contribution in [2.75, 3.05) is 26.4 Å². The van der Waals surface area contributed by atoms with Crippen LogP contribution in [0.5, 0.6) is 0 Å².